The number of carbonyl (C=O) groups excluding carboxylic acids is 1. The van der Waals surface area contributed by atoms with Crippen LogP contribution in [0.5, 0.6) is 0 Å². The standard InChI is InChI=1S/C43H82NO12P/c1-3-5-7-9-11-12-13-14-15-16-17-18-19-20-21-22-23-25-26-28-30-34(45)32-37(47)44-35(36(46)31-29-27-24-10-8-6-4-2)33-55-57(53,54)56-43-41(51)39(49)38(48)40(50)42(43)52/h8,10,29,31,34-36,38-43,45-46,48-52H,3-7,9,11-28,30,32-33H2,1-2H3,(H,44,47)(H,53,54)/b10-8+,31-29+. The van der Waals surface area contributed by atoms with E-state index in [4.69, 9.17) is 9.05 Å². The molecule has 8 atom stereocenters. The molecule has 1 amide bonds. The van der Waals surface area contributed by atoms with Gasteiger partial charge in [0.25, 0.3) is 0 Å². The molecule has 0 aromatic carbocycles. The fourth-order valence-corrected chi connectivity index (χ4v) is 8.05. The van der Waals surface area contributed by atoms with Gasteiger partial charge in [-0.25, -0.2) is 4.57 Å². The Morgan fingerprint density at radius 3 is 1.51 bits per heavy atom. The zero-order valence-corrected chi connectivity index (χ0v) is 36.1. The lowest BCUT2D eigenvalue weighted by molar-refractivity contribution is -0.220. The third kappa shape index (κ3) is 25.9. The van der Waals surface area contributed by atoms with Crippen LogP contribution in [-0.2, 0) is 18.4 Å². The Hall–Kier alpha value is -1.22. The first-order valence-corrected chi connectivity index (χ1v) is 23.9. The molecule has 1 rings (SSSR count). The molecule has 14 heteroatoms. The van der Waals surface area contributed by atoms with E-state index in [0.717, 1.165) is 44.9 Å². The van der Waals surface area contributed by atoms with Crippen LogP contribution < -0.4 is 5.32 Å². The third-order valence-electron chi connectivity index (χ3n) is 10.8. The summed E-state index contributed by atoms with van der Waals surface area (Å²) >= 11 is 0. The maximum atomic E-state index is 12.9. The summed E-state index contributed by atoms with van der Waals surface area (Å²) < 4.78 is 22.7. The smallest absolute Gasteiger partial charge is 0.393 e. The molecule has 0 heterocycles. The van der Waals surface area contributed by atoms with Gasteiger partial charge in [0.2, 0.25) is 5.91 Å². The first kappa shape index (κ1) is 53.8. The van der Waals surface area contributed by atoms with Crippen molar-refractivity contribution in [3.63, 3.8) is 0 Å². The Labute approximate surface area is 344 Å². The van der Waals surface area contributed by atoms with E-state index < -0.39 is 75.2 Å². The monoisotopic (exact) mass is 836 g/mol. The third-order valence-corrected chi connectivity index (χ3v) is 11.8. The van der Waals surface area contributed by atoms with Gasteiger partial charge < -0.3 is 46.0 Å². The van der Waals surface area contributed by atoms with Gasteiger partial charge in [-0.2, -0.15) is 0 Å². The first-order chi connectivity index (χ1) is 27.3. The van der Waals surface area contributed by atoms with E-state index in [1.54, 1.807) is 6.08 Å². The lowest BCUT2D eigenvalue weighted by atomic mass is 9.85. The number of unbranched alkanes of at least 4 members (excludes halogenated alkanes) is 21. The van der Waals surface area contributed by atoms with Gasteiger partial charge in [0.15, 0.2) is 0 Å². The van der Waals surface area contributed by atoms with Gasteiger partial charge in [-0.05, 0) is 25.7 Å². The van der Waals surface area contributed by atoms with Crippen molar-refractivity contribution in [2.45, 2.75) is 236 Å². The fourth-order valence-electron chi connectivity index (χ4n) is 7.09. The van der Waals surface area contributed by atoms with Crippen molar-refractivity contribution in [3.05, 3.63) is 24.3 Å². The van der Waals surface area contributed by atoms with Crippen LogP contribution in [0.1, 0.15) is 181 Å². The Balaban J connectivity index is 2.40. The molecular formula is C43H82NO12P. The average molecular weight is 836 g/mol. The van der Waals surface area contributed by atoms with Gasteiger partial charge >= 0.3 is 7.82 Å². The summed E-state index contributed by atoms with van der Waals surface area (Å²) in [6.07, 6.45) is 21.9. The van der Waals surface area contributed by atoms with E-state index in [1.807, 2.05) is 6.08 Å². The van der Waals surface area contributed by atoms with Crippen molar-refractivity contribution >= 4 is 13.7 Å². The summed E-state index contributed by atoms with van der Waals surface area (Å²) in [5.41, 5.74) is 0. The van der Waals surface area contributed by atoms with Gasteiger partial charge in [0.05, 0.1) is 31.3 Å². The molecule has 8 unspecified atom stereocenters. The molecule has 0 bridgehead atoms. The number of allylic oxidation sites excluding steroid dienone is 3. The molecule has 9 N–H and O–H groups in total. The molecule has 0 saturated heterocycles. The second-order valence-corrected chi connectivity index (χ2v) is 17.5. The lowest BCUT2D eigenvalue weighted by Crippen LogP contribution is -2.64. The lowest BCUT2D eigenvalue weighted by Gasteiger charge is -2.41. The highest BCUT2D eigenvalue weighted by Crippen LogP contribution is 2.47. The topological polar surface area (TPSA) is 226 Å². The highest BCUT2D eigenvalue weighted by Gasteiger charge is 2.51. The van der Waals surface area contributed by atoms with Gasteiger partial charge in [0.1, 0.15) is 36.6 Å². The van der Waals surface area contributed by atoms with E-state index in [9.17, 15) is 50.0 Å². The predicted octanol–water partition coefficient (Wildman–Crippen LogP) is 6.81. The predicted molar refractivity (Wildman–Crippen MR) is 224 cm³/mol. The molecule has 1 aliphatic rings. The normalized spacial score (nSPS) is 24.2. The number of amides is 1. The Morgan fingerprint density at radius 2 is 1.04 bits per heavy atom. The first-order valence-electron chi connectivity index (χ1n) is 22.4. The van der Waals surface area contributed by atoms with Crippen molar-refractivity contribution in [1.29, 1.82) is 0 Å². The van der Waals surface area contributed by atoms with Crippen LogP contribution in [0, 0.1) is 0 Å². The molecule has 13 nitrogen and oxygen atoms in total. The van der Waals surface area contributed by atoms with Crippen molar-refractivity contribution < 1.29 is 59.0 Å². The molecule has 0 aliphatic heterocycles. The molecule has 336 valence electrons. The zero-order valence-electron chi connectivity index (χ0n) is 35.3. The van der Waals surface area contributed by atoms with Gasteiger partial charge in [-0.3, -0.25) is 13.8 Å². The number of nitrogens with one attached hydrogen (secondary N) is 1. The molecular weight excluding hydrogens is 753 g/mol. The molecule has 57 heavy (non-hydrogen) atoms. The van der Waals surface area contributed by atoms with Crippen LogP contribution in [0.25, 0.3) is 0 Å². The second kappa shape index (κ2) is 33.5. The minimum Gasteiger partial charge on any atom is -0.393 e. The summed E-state index contributed by atoms with van der Waals surface area (Å²) in [6, 6.07) is -1.25. The van der Waals surface area contributed by atoms with Gasteiger partial charge in [-0.15, -0.1) is 0 Å². The quantitative estimate of drug-likeness (QED) is 0.0180. The Morgan fingerprint density at radius 1 is 0.614 bits per heavy atom. The molecule has 1 fully saturated rings. The summed E-state index contributed by atoms with van der Waals surface area (Å²) in [5, 5.41) is 74.0. The fraction of sp³-hybridized carbons (Fsp3) is 0.884. The number of aliphatic hydroxyl groups is 7. The number of hydrogen-bond donors (Lipinski definition) is 9. The summed E-state index contributed by atoms with van der Waals surface area (Å²) in [4.78, 5) is 23.3. The van der Waals surface area contributed by atoms with Crippen molar-refractivity contribution in [1.82, 2.24) is 5.32 Å². The maximum Gasteiger partial charge on any atom is 0.472 e. The van der Waals surface area contributed by atoms with E-state index in [1.165, 1.54) is 109 Å². The summed E-state index contributed by atoms with van der Waals surface area (Å²) in [6.45, 7) is 3.59. The zero-order chi connectivity index (χ0) is 42.3. The van der Waals surface area contributed by atoms with Crippen LogP contribution in [0.2, 0.25) is 0 Å². The van der Waals surface area contributed by atoms with E-state index >= 15 is 0 Å². The minimum absolute atomic E-state index is 0.250. The van der Waals surface area contributed by atoms with E-state index in [0.29, 0.717) is 12.8 Å². The number of aliphatic hydroxyl groups excluding tert-OH is 7. The maximum absolute atomic E-state index is 12.9. The summed E-state index contributed by atoms with van der Waals surface area (Å²) in [5.74, 6) is -0.605. The molecule has 0 aromatic rings. The SMILES string of the molecule is CCC/C=C/CC/C=C/C(O)C(COP(=O)(O)OC1C(O)C(O)C(O)C(O)C1O)NC(=O)CC(O)CCCCCCCCCCCCCCCCCCCCCC. The van der Waals surface area contributed by atoms with E-state index in [2.05, 4.69) is 25.2 Å². The van der Waals surface area contributed by atoms with Crippen molar-refractivity contribution in [2.75, 3.05) is 6.61 Å². The van der Waals surface area contributed by atoms with Gasteiger partial charge in [-0.1, -0.05) is 173 Å². The van der Waals surface area contributed by atoms with Crippen LogP contribution >= 0.6 is 7.82 Å². The molecule has 0 aromatic heterocycles. The number of hydrogen-bond acceptors (Lipinski definition) is 11. The van der Waals surface area contributed by atoms with Gasteiger partial charge in [0, 0.05) is 0 Å². The number of carbonyl (C=O) groups is 1. The van der Waals surface area contributed by atoms with Crippen LogP contribution in [0.15, 0.2) is 24.3 Å². The van der Waals surface area contributed by atoms with Crippen molar-refractivity contribution in [3.8, 4) is 0 Å². The largest absolute Gasteiger partial charge is 0.472 e. The highest BCUT2D eigenvalue weighted by atomic mass is 31.2. The number of rotatable bonds is 36. The van der Waals surface area contributed by atoms with Crippen LogP contribution in [0.4, 0.5) is 0 Å². The summed E-state index contributed by atoms with van der Waals surface area (Å²) in [7, 11) is -5.13. The number of phosphoric acid groups is 1. The minimum atomic E-state index is -5.13. The Bertz CT molecular complexity index is 1080. The second-order valence-electron chi connectivity index (χ2n) is 16.1. The van der Waals surface area contributed by atoms with Crippen LogP contribution in [-0.4, -0.2) is 108 Å². The molecule has 0 radical (unpaired) electrons. The Kier molecular flexibility index (Phi) is 31.6. The van der Waals surface area contributed by atoms with Crippen molar-refractivity contribution in [2.24, 2.45) is 0 Å². The average Bonchev–Trinajstić information content (AvgIpc) is 3.18. The molecule has 1 saturated carbocycles. The molecule has 0 spiro atoms. The number of phosphoric ester groups is 1. The highest BCUT2D eigenvalue weighted by molar-refractivity contribution is 7.47. The van der Waals surface area contributed by atoms with Crippen LogP contribution in [0.3, 0.4) is 0 Å². The molecule has 1 aliphatic carbocycles. The van der Waals surface area contributed by atoms with E-state index in [-0.39, 0.29) is 6.42 Å².